The minimum Gasteiger partial charge on any atom is -0.496 e. The third kappa shape index (κ3) is 3.34. The lowest BCUT2D eigenvalue weighted by Crippen LogP contribution is -2.21. The van der Waals surface area contributed by atoms with Gasteiger partial charge in [-0.1, -0.05) is 24.3 Å². The van der Waals surface area contributed by atoms with Crippen molar-refractivity contribution < 1.29 is 4.74 Å². The summed E-state index contributed by atoms with van der Waals surface area (Å²) in [7, 11) is 1.70. The van der Waals surface area contributed by atoms with E-state index >= 15 is 0 Å². The first kappa shape index (κ1) is 18.4. The maximum Gasteiger partial charge on any atom is 0.266 e. The zero-order valence-corrected chi connectivity index (χ0v) is 17.3. The molecule has 0 unspecified atom stereocenters. The number of aromatic nitrogens is 1. The van der Waals surface area contributed by atoms with E-state index in [1.807, 2.05) is 23.6 Å². The van der Waals surface area contributed by atoms with Gasteiger partial charge in [-0.2, -0.15) is 0 Å². The molecule has 5 rings (SSSR count). The second-order valence-corrected chi connectivity index (χ2v) is 8.59. The zero-order valence-electron chi connectivity index (χ0n) is 16.5. The van der Waals surface area contributed by atoms with Gasteiger partial charge in [0, 0.05) is 28.4 Å². The van der Waals surface area contributed by atoms with Gasteiger partial charge in [0.1, 0.15) is 10.4 Å². The lowest BCUT2D eigenvalue weighted by atomic mass is 9.96. The van der Waals surface area contributed by atoms with Crippen LogP contribution in [0.1, 0.15) is 18.4 Å². The van der Waals surface area contributed by atoms with Crippen LogP contribution in [0.15, 0.2) is 52.6 Å². The van der Waals surface area contributed by atoms with E-state index in [-0.39, 0.29) is 5.56 Å². The topological polar surface area (TPSA) is 45.3 Å². The number of methoxy groups -OCH3 is 1. The van der Waals surface area contributed by atoms with Crippen molar-refractivity contribution in [3.63, 3.8) is 0 Å². The molecule has 1 N–H and O–H groups in total. The number of fused-ring (bicyclic) bond motifs is 3. The molecule has 4 nitrogen and oxygen atoms in total. The molecule has 0 spiro atoms. The monoisotopic (exact) mass is 404 g/mol. The number of hydrogen-bond acceptors (Lipinski definition) is 4. The Hall–Kier alpha value is -2.63. The Morgan fingerprint density at radius 3 is 2.62 bits per heavy atom. The van der Waals surface area contributed by atoms with Crippen molar-refractivity contribution in [2.75, 3.05) is 26.7 Å². The Morgan fingerprint density at radius 1 is 1.07 bits per heavy atom. The van der Waals surface area contributed by atoms with E-state index in [1.54, 1.807) is 7.11 Å². The fraction of sp³-hybridized carbons (Fsp3) is 0.292. The summed E-state index contributed by atoms with van der Waals surface area (Å²) in [5, 5.41) is 4.01. The van der Waals surface area contributed by atoms with E-state index in [4.69, 9.17) is 4.74 Å². The molecular weight excluding hydrogens is 380 g/mol. The van der Waals surface area contributed by atoms with Crippen LogP contribution in [0.4, 0.5) is 0 Å². The number of likely N-dealkylation sites (tertiary alicyclic amines) is 1. The predicted molar refractivity (Wildman–Crippen MR) is 121 cm³/mol. The number of aromatic amines is 1. The molecule has 1 aliphatic heterocycles. The van der Waals surface area contributed by atoms with Crippen molar-refractivity contribution in [3.05, 3.63) is 63.8 Å². The van der Waals surface area contributed by atoms with Gasteiger partial charge >= 0.3 is 0 Å². The predicted octanol–water partition coefficient (Wildman–Crippen LogP) is 5.06. The molecule has 0 amide bonds. The molecule has 0 aliphatic carbocycles. The van der Waals surface area contributed by atoms with E-state index in [2.05, 4.69) is 34.1 Å². The molecule has 0 radical (unpaired) electrons. The first-order valence-corrected chi connectivity index (χ1v) is 11.0. The molecule has 1 fully saturated rings. The fourth-order valence-corrected chi connectivity index (χ4v) is 5.21. The molecular formula is C24H24N2O2S. The van der Waals surface area contributed by atoms with Crippen LogP contribution < -0.4 is 10.3 Å². The Labute approximate surface area is 173 Å². The molecule has 0 saturated carbocycles. The summed E-state index contributed by atoms with van der Waals surface area (Å²) in [5.74, 6) is 0.821. The molecule has 0 bridgehead atoms. The van der Waals surface area contributed by atoms with Crippen molar-refractivity contribution in [3.8, 4) is 16.9 Å². The number of thiophene rings is 1. The van der Waals surface area contributed by atoms with Gasteiger partial charge in [0.05, 0.1) is 7.11 Å². The fourth-order valence-electron chi connectivity index (χ4n) is 4.42. The van der Waals surface area contributed by atoms with Crippen LogP contribution in [0.2, 0.25) is 0 Å². The van der Waals surface area contributed by atoms with Gasteiger partial charge in [0.25, 0.3) is 5.56 Å². The highest BCUT2D eigenvalue weighted by Gasteiger charge is 2.16. The second-order valence-electron chi connectivity index (χ2n) is 7.68. The summed E-state index contributed by atoms with van der Waals surface area (Å²) in [4.78, 5) is 18.0. The minimum atomic E-state index is -0.0316. The number of nitrogens with zero attached hydrogens (tertiary/aromatic N) is 1. The van der Waals surface area contributed by atoms with Crippen LogP contribution in [0.5, 0.6) is 5.75 Å². The number of rotatable bonds is 5. The normalized spacial score (nSPS) is 14.8. The maximum absolute atomic E-state index is 12.4. The third-order valence-corrected chi connectivity index (χ3v) is 6.85. The van der Waals surface area contributed by atoms with Crippen LogP contribution in [-0.4, -0.2) is 36.6 Å². The van der Waals surface area contributed by atoms with Gasteiger partial charge in [-0.3, -0.25) is 4.79 Å². The number of pyridine rings is 1. The molecule has 148 valence electrons. The van der Waals surface area contributed by atoms with Crippen LogP contribution in [0, 0.1) is 0 Å². The van der Waals surface area contributed by atoms with Gasteiger partial charge in [-0.25, -0.2) is 0 Å². The van der Waals surface area contributed by atoms with Gasteiger partial charge in [-0.05, 0) is 67.1 Å². The van der Waals surface area contributed by atoms with Crippen molar-refractivity contribution in [1.29, 1.82) is 0 Å². The minimum absolute atomic E-state index is 0.0316. The van der Waals surface area contributed by atoms with Gasteiger partial charge in [0.15, 0.2) is 0 Å². The van der Waals surface area contributed by atoms with Crippen molar-refractivity contribution >= 4 is 32.3 Å². The van der Waals surface area contributed by atoms with Crippen molar-refractivity contribution in [1.82, 2.24) is 9.88 Å². The Balaban J connectivity index is 1.58. The zero-order chi connectivity index (χ0) is 19.8. The maximum atomic E-state index is 12.4. The Bertz CT molecular complexity index is 1220. The summed E-state index contributed by atoms with van der Waals surface area (Å²) in [5.41, 5.74) is 4.31. The molecule has 0 atom stereocenters. The van der Waals surface area contributed by atoms with Crippen LogP contribution >= 0.6 is 11.3 Å². The van der Waals surface area contributed by atoms with E-state index in [9.17, 15) is 4.79 Å². The van der Waals surface area contributed by atoms with E-state index in [1.165, 1.54) is 42.8 Å². The number of H-pyrrole nitrogens is 1. The highest BCUT2D eigenvalue weighted by Crippen LogP contribution is 2.40. The van der Waals surface area contributed by atoms with Crippen molar-refractivity contribution in [2.45, 2.75) is 19.3 Å². The summed E-state index contributed by atoms with van der Waals surface area (Å²) >= 11 is 1.48. The van der Waals surface area contributed by atoms with Crippen LogP contribution in [0.25, 0.3) is 32.1 Å². The standard InChI is InChI=1S/C24H24N2O2S/c1-28-20-9-8-19-22(18-11-15-29-23(18)24(27)25-19)21(20)17-6-4-16(5-7-17)10-14-26-12-2-3-13-26/h4-9,11,15H,2-3,10,12-14H2,1H3,(H,25,27). The van der Waals surface area contributed by atoms with E-state index in [0.717, 1.165) is 50.8 Å². The lowest BCUT2D eigenvalue weighted by Gasteiger charge is -2.15. The molecule has 2 aromatic carbocycles. The van der Waals surface area contributed by atoms with Crippen LogP contribution in [-0.2, 0) is 6.42 Å². The van der Waals surface area contributed by atoms with Gasteiger partial charge < -0.3 is 14.6 Å². The molecule has 4 aromatic rings. The Morgan fingerprint density at radius 2 is 1.86 bits per heavy atom. The number of benzene rings is 2. The highest BCUT2D eigenvalue weighted by molar-refractivity contribution is 7.17. The van der Waals surface area contributed by atoms with E-state index < -0.39 is 0 Å². The highest BCUT2D eigenvalue weighted by atomic mass is 32.1. The Kier molecular flexibility index (Phi) is 4.86. The summed E-state index contributed by atoms with van der Waals surface area (Å²) in [6, 6.07) is 14.7. The molecule has 2 aromatic heterocycles. The quantitative estimate of drug-likeness (QED) is 0.506. The van der Waals surface area contributed by atoms with Crippen LogP contribution in [0.3, 0.4) is 0 Å². The number of nitrogens with one attached hydrogen (secondary N) is 1. The summed E-state index contributed by atoms with van der Waals surface area (Å²) in [6.07, 6.45) is 3.74. The smallest absolute Gasteiger partial charge is 0.266 e. The van der Waals surface area contributed by atoms with Gasteiger partial charge in [-0.15, -0.1) is 11.3 Å². The molecule has 1 saturated heterocycles. The molecule has 1 aliphatic rings. The SMILES string of the molecule is COc1ccc2[nH]c(=O)c3sccc3c2c1-c1ccc(CCN2CCCC2)cc1. The largest absolute Gasteiger partial charge is 0.496 e. The molecule has 3 heterocycles. The van der Waals surface area contributed by atoms with E-state index in [0.29, 0.717) is 0 Å². The van der Waals surface area contributed by atoms with Gasteiger partial charge in [0.2, 0.25) is 0 Å². The first-order valence-electron chi connectivity index (χ1n) is 10.2. The first-order chi connectivity index (χ1) is 14.2. The molecule has 29 heavy (non-hydrogen) atoms. The average Bonchev–Trinajstić information content (AvgIpc) is 3.44. The third-order valence-electron chi connectivity index (χ3n) is 5.93. The number of hydrogen-bond donors (Lipinski definition) is 1. The molecule has 5 heteroatoms. The summed E-state index contributed by atoms with van der Waals surface area (Å²) < 4.78 is 6.47. The lowest BCUT2D eigenvalue weighted by molar-refractivity contribution is 0.343. The number of ether oxygens (including phenoxy) is 1. The van der Waals surface area contributed by atoms with Crippen molar-refractivity contribution in [2.24, 2.45) is 0 Å². The second kappa shape index (κ2) is 7.65. The average molecular weight is 405 g/mol. The summed E-state index contributed by atoms with van der Waals surface area (Å²) in [6.45, 7) is 3.61.